The third-order valence-electron chi connectivity index (χ3n) is 5.99. The first-order valence-electron chi connectivity index (χ1n) is 10.7. The molecule has 0 saturated heterocycles. The minimum absolute atomic E-state index is 0.0633. The Morgan fingerprint density at radius 2 is 1.74 bits per heavy atom. The Kier molecular flexibility index (Phi) is 5.43. The third-order valence-corrected chi connectivity index (χ3v) is 5.99. The van der Waals surface area contributed by atoms with Gasteiger partial charge in [-0.15, -0.1) is 0 Å². The van der Waals surface area contributed by atoms with Gasteiger partial charge in [0.25, 0.3) is 0 Å². The molecule has 1 amide bonds. The number of carbonyl (C=O) groups excluding carboxylic acids is 1. The molecule has 2 N–H and O–H groups in total. The quantitative estimate of drug-likeness (QED) is 0.638. The van der Waals surface area contributed by atoms with Crippen molar-refractivity contribution < 1.29 is 9.53 Å². The first kappa shape index (κ1) is 19.4. The Labute approximate surface area is 182 Å². The van der Waals surface area contributed by atoms with Crippen LogP contribution in [0.3, 0.4) is 0 Å². The van der Waals surface area contributed by atoms with Crippen LogP contribution in [0.15, 0.2) is 66.7 Å². The molecule has 4 nitrogen and oxygen atoms in total. The number of ether oxygens (including phenoxy) is 1. The minimum atomic E-state index is -0.439. The number of benzene rings is 3. The molecule has 0 atom stereocenters. The lowest BCUT2D eigenvalue weighted by atomic mass is 9.98. The molecule has 5 rings (SSSR count). The molecular formula is C27H24N2O2. The lowest BCUT2D eigenvalue weighted by Crippen LogP contribution is -2.26. The molecule has 3 aromatic rings. The van der Waals surface area contributed by atoms with Crippen LogP contribution in [0, 0.1) is 11.8 Å². The van der Waals surface area contributed by atoms with E-state index in [4.69, 9.17) is 4.74 Å². The lowest BCUT2D eigenvalue weighted by molar-refractivity contribution is 0.144. The Morgan fingerprint density at radius 3 is 2.52 bits per heavy atom. The van der Waals surface area contributed by atoms with E-state index in [1.165, 1.54) is 33.4 Å². The van der Waals surface area contributed by atoms with E-state index < -0.39 is 6.09 Å². The van der Waals surface area contributed by atoms with Crippen LogP contribution in [-0.2, 0) is 17.7 Å². The maximum absolute atomic E-state index is 12.2. The maximum Gasteiger partial charge on any atom is 0.407 e. The van der Waals surface area contributed by atoms with Crippen LogP contribution in [0.4, 0.5) is 4.79 Å². The van der Waals surface area contributed by atoms with Crippen molar-refractivity contribution in [1.82, 2.24) is 10.6 Å². The average molecular weight is 409 g/mol. The fourth-order valence-corrected chi connectivity index (χ4v) is 4.47. The second-order valence-electron chi connectivity index (χ2n) is 7.89. The van der Waals surface area contributed by atoms with Gasteiger partial charge in [0.15, 0.2) is 0 Å². The number of hydrogen-bond acceptors (Lipinski definition) is 3. The van der Waals surface area contributed by atoms with Crippen LogP contribution >= 0.6 is 0 Å². The van der Waals surface area contributed by atoms with Gasteiger partial charge in [0.2, 0.25) is 0 Å². The van der Waals surface area contributed by atoms with Crippen molar-refractivity contribution in [3.63, 3.8) is 0 Å². The van der Waals surface area contributed by atoms with Gasteiger partial charge in [0.1, 0.15) is 6.61 Å². The van der Waals surface area contributed by atoms with E-state index in [1.807, 2.05) is 30.3 Å². The Balaban J connectivity index is 1.17. The summed E-state index contributed by atoms with van der Waals surface area (Å²) >= 11 is 0. The minimum Gasteiger partial charge on any atom is -0.449 e. The van der Waals surface area contributed by atoms with Gasteiger partial charge in [0.05, 0.1) is 6.54 Å². The van der Waals surface area contributed by atoms with Gasteiger partial charge in [-0.1, -0.05) is 66.4 Å². The number of nitrogens with one attached hydrogen (secondary N) is 2. The second kappa shape index (κ2) is 8.67. The molecule has 31 heavy (non-hydrogen) atoms. The molecule has 1 heterocycles. The molecule has 0 spiro atoms. The summed E-state index contributed by atoms with van der Waals surface area (Å²) in [4.78, 5) is 12.2. The van der Waals surface area contributed by atoms with Crippen molar-refractivity contribution >= 4 is 6.09 Å². The summed E-state index contributed by atoms with van der Waals surface area (Å²) in [5, 5.41) is 6.12. The van der Waals surface area contributed by atoms with Crippen molar-refractivity contribution in [2.24, 2.45) is 0 Å². The van der Waals surface area contributed by atoms with Gasteiger partial charge < -0.3 is 15.4 Å². The Bertz CT molecular complexity index is 1140. The van der Waals surface area contributed by atoms with Gasteiger partial charge in [0, 0.05) is 18.0 Å². The first-order valence-corrected chi connectivity index (χ1v) is 10.7. The number of alkyl carbamates (subject to hydrolysis) is 1. The van der Waals surface area contributed by atoms with E-state index in [-0.39, 0.29) is 12.5 Å². The summed E-state index contributed by atoms with van der Waals surface area (Å²) in [7, 11) is 0. The van der Waals surface area contributed by atoms with Crippen molar-refractivity contribution in [1.29, 1.82) is 0 Å². The number of hydrogen-bond donors (Lipinski definition) is 2. The van der Waals surface area contributed by atoms with E-state index in [9.17, 15) is 4.79 Å². The lowest BCUT2D eigenvalue weighted by Gasteiger charge is -2.16. The molecule has 0 bridgehead atoms. The van der Waals surface area contributed by atoms with Crippen LogP contribution in [0.25, 0.3) is 11.1 Å². The molecule has 0 saturated carbocycles. The largest absolute Gasteiger partial charge is 0.449 e. The predicted octanol–water partition coefficient (Wildman–Crippen LogP) is 4.22. The molecule has 0 radical (unpaired) electrons. The van der Waals surface area contributed by atoms with E-state index in [0.717, 1.165) is 25.1 Å². The van der Waals surface area contributed by atoms with E-state index in [0.29, 0.717) is 6.61 Å². The SMILES string of the molecule is O=C(NCC#Cc1ccc2c(c1)CNCC2)OCC1c2ccccc2-c2ccccc21. The van der Waals surface area contributed by atoms with Gasteiger partial charge in [-0.2, -0.15) is 0 Å². The zero-order chi connectivity index (χ0) is 21.0. The topological polar surface area (TPSA) is 50.4 Å². The molecule has 0 aromatic heterocycles. The fraction of sp³-hybridized carbons (Fsp3) is 0.222. The number of amides is 1. The van der Waals surface area contributed by atoms with Gasteiger partial charge in [-0.3, -0.25) is 0 Å². The third kappa shape index (κ3) is 4.05. The van der Waals surface area contributed by atoms with Crippen molar-refractivity contribution in [3.8, 4) is 23.0 Å². The van der Waals surface area contributed by atoms with Crippen LogP contribution in [0.1, 0.15) is 33.7 Å². The van der Waals surface area contributed by atoms with Crippen molar-refractivity contribution in [3.05, 3.63) is 94.5 Å². The number of carbonyl (C=O) groups is 1. The van der Waals surface area contributed by atoms with Gasteiger partial charge >= 0.3 is 6.09 Å². The fourth-order valence-electron chi connectivity index (χ4n) is 4.47. The standard InChI is InChI=1S/C27H24N2O2/c30-27(29-14-5-6-19-11-12-20-13-15-28-17-21(20)16-19)31-18-26-24-9-3-1-7-22(24)23-8-2-4-10-25(23)26/h1-4,7-12,16,26,28H,13-15,17-18H2,(H,29,30). The molecule has 2 aliphatic rings. The molecule has 4 heteroatoms. The van der Waals surface area contributed by atoms with Crippen LogP contribution in [0.5, 0.6) is 0 Å². The Hall–Kier alpha value is -3.55. The van der Waals surface area contributed by atoms with Crippen LogP contribution < -0.4 is 10.6 Å². The summed E-state index contributed by atoms with van der Waals surface area (Å²) < 4.78 is 5.54. The van der Waals surface area contributed by atoms with E-state index in [2.05, 4.69) is 58.9 Å². The molecule has 3 aromatic carbocycles. The average Bonchev–Trinajstić information content (AvgIpc) is 3.14. The van der Waals surface area contributed by atoms with Gasteiger partial charge in [-0.05, 0) is 58.5 Å². The van der Waals surface area contributed by atoms with Gasteiger partial charge in [-0.25, -0.2) is 4.79 Å². The van der Waals surface area contributed by atoms with Crippen LogP contribution in [0.2, 0.25) is 0 Å². The number of rotatable bonds is 3. The summed E-state index contributed by atoms with van der Waals surface area (Å²) in [5.41, 5.74) is 8.52. The highest BCUT2D eigenvalue weighted by Gasteiger charge is 2.28. The molecular weight excluding hydrogens is 384 g/mol. The Morgan fingerprint density at radius 1 is 1.00 bits per heavy atom. The molecule has 0 fully saturated rings. The smallest absolute Gasteiger partial charge is 0.407 e. The molecule has 0 unspecified atom stereocenters. The first-order chi connectivity index (χ1) is 15.3. The van der Waals surface area contributed by atoms with Crippen LogP contribution in [-0.4, -0.2) is 25.8 Å². The number of fused-ring (bicyclic) bond motifs is 4. The van der Waals surface area contributed by atoms with E-state index in [1.54, 1.807) is 0 Å². The molecule has 1 aliphatic heterocycles. The highest BCUT2D eigenvalue weighted by atomic mass is 16.5. The maximum atomic E-state index is 12.2. The summed E-state index contributed by atoms with van der Waals surface area (Å²) in [6, 6.07) is 23.0. The predicted molar refractivity (Wildman–Crippen MR) is 122 cm³/mol. The monoisotopic (exact) mass is 408 g/mol. The highest BCUT2D eigenvalue weighted by Crippen LogP contribution is 2.44. The molecule has 154 valence electrons. The zero-order valence-electron chi connectivity index (χ0n) is 17.3. The normalized spacial score (nSPS) is 13.9. The molecule has 1 aliphatic carbocycles. The van der Waals surface area contributed by atoms with Crippen molar-refractivity contribution in [2.45, 2.75) is 18.9 Å². The zero-order valence-corrected chi connectivity index (χ0v) is 17.3. The summed E-state index contributed by atoms with van der Waals surface area (Å²) in [6.07, 6.45) is 0.623. The van der Waals surface area contributed by atoms with Crippen molar-refractivity contribution in [2.75, 3.05) is 19.7 Å². The summed E-state index contributed by atoms with van der Waals surface area (Å²) in [6.45, 7) is 2.49. The second-order valence-corrected chi connectivity index (χ2v) is 7.89. The summed E-state index contributed by atoms with van der Waals surface area (Å²) in [5.74, 6) is 6.20. The highest BCUT2D eigenvalue weighted by molar-refractivity contribution is 5.79. The van der Waals surface area contributed by atoms with E-state index >= 15 is 0 Å².